The quantitative estimate of drug-likeness (QED) is 0.629. The molecule has 0 atom stereocenters. The summed E-state index contributed by atoms with van der Waals surface area (Å²) in [6.45, 7) is 0. The molecule has 1 aromatic rings. The van der Waals surface area contributed by atoms with Crippen molar-refractivity contribution in [1.29, 1.82) is 0 Å². The van der Waals surface area contributed by atoms with Gasteiger partial charge in [0.15, 0.2) is 0 Å². The predicted molar refractivity (Wildman–Crippen MR) is 45.0 cm³/mol. The third-order valence-electron chi connectivity index (χ3n) is 1.97. The molecule has 1 aliphatic rings. The lowest BCUT2D eigenvalue weighted by molar-refractivity contribution is 1.03. The minimum absolute atomic E-state index is 0.467. The van der Waals surface area contributed by atoms with Crippen molar-refractivity contribution in [1.82, 2.24) is 4.98 Å². The molecule has 0 aliphatic heterocycles. The predicted octanol–water partition coefficient (Wildman–Crippen LogP) is 1.12. The molecule has 1 aliphatic carbocycles. The maximum atomic E-state index is 5.55. The van der Waals surface area contributed by atoms with E-state index in [9.17, 15) is 0 Å². The zero-order valence-electron chi connectivity index (χ0n) is 6.25. The molecule has 0 bridgehead atoms. The fourth-order valence-corrected chi connectivity index (χ4v) is 1.11. The van der Waals surface area contributed by atoms with Gasteiger partial charge in [-0.15, -0.1) is 0 Å². The summed E-state index contributed by atoms with van der Waals surface area (Å²) in [6, 6.07) is 3.79. The average molecular weight is 149 g/mol. The Hall–Kier alpha value is -1.25. The fraction of sp³-hybridized carbons (Fsp3) is 0.375. The molecule has 11 heavy (non-hydrogen) atoms. The molecule has 0 unspecified atom stereocenters. The van der Waals surface area contributed by atoms with E-state index in [1.807, 2.05) is 12.1 Å². The lowest BCUT2D eigenvalue weighted by Crippen LogP contribution is -1.99. The minimum atomic E-state index is 0.467. The SMILES string of the molecule is Nc1ccc(C2CC2)nc1N. The number of pyridine rings is 1. The van der Waals surface area contributed by atoms with Gasteiger partial charge in [0, 0.05) is 11.6 Å². The van der Waals surface area contributed by atoms with Crippen molar-refractivity contribution in [2.75, 3.05) is 11.5 Å². The molecule has 0 radical (unpaired) electrons. The van der Waals surface area contributed by atoms with Crippen LogP contribution in [0.3, 0.4) is 0 Å². The van der Waals surface area contributed by atoms with Gasteiger partial charge in [0.25, 0.3) is 0 Å². The van der Waals surface area contributed by atoms with E-state index >= 15 is 0 Å². The number of nitrogens with two attached hydrogens (primary N) is 2. The van der Waals surface area contributed by atoms with E-state index in [-0.39, 0.29) is 0 Å². The topological polar surface area (TPSA) is 64.9 Å². The van der Waals surface area contributed by atoms with Crippen LogP contribution in [0.5, 0.6) is 0 Å². The lowest BCUT2D eigenvalue weighted by atomic mass is 10.2. The van der Waals surface area contributed by atoms with Gasteiger partial charge < -0.3 is 11.5 Å². The van der Waals surface area contributed by atoms with Crippen molar-refractivity contribution in [3.05, 3.63) is 17.8 Å². The Morgan fingerprint density at radius 3 is 2.55 bits per heavy atom. The second-order valence-electron chi connectivity index (χ2n) is 2.98. The van der Waals surface area contributed by atoms with Crippen LogP contribution in [0, 0.1) is 0 Å². The maximum Gasteiger partial charge on any atom is 0.146 e. The first-order chi connectivity index (χ1) is 5.27. The van der Waals surface area contributed by atoms with E-state index in [2.05, 4.69) is 4.98 Å². The number of hydrogen-bond donors (Lipinski definition) is 2. The standard InChI is InChI=1S/C8H11N3/c9-6-3-4-7(5-1-2-5)11-8(6)10/h3-5H,1-2,9H2,(H2,10,11). The first-order valence-corrected chi connectivity index (χ1v) is 3.79. The maximum absolute atomic E-state index is 5.55. The zero-order chi connectivity index (χ0) is 7.84. The molecule has 58 valence electrons. The first kappa shape index (κ1) is 6.46. The number of nitrogens with zero attached hydrogens (tertiary/aromatic N) is 1. The Morgan fingerprint density at radius 1 is 1.27 bits per heavy atom. The van der Waals surface area contributed by atoms with Crippen LogP contribution in [0.2, 0.25) is 0 Å². The molecule has 1 aromatic heterocycles. The fourth-order valence-electron chi connectivity index (χ4n) is 1.11. The van der Waals surface area contributed by atoms with Gasteiger partial charge in [0.2, 0.25) is 0 Å². The molecule has 0 saturated heterocycles. The summed E-state index contributed by atoms with van der Waals surface area (Å²) in [5, 5.41) is 0. The van der Waals surface area contributed by atoms with E-state index in [0.29, 0.717) is 17.4 Å². The van der Waals surface area contributed by atoms with Gasteiger partial charge >= 0.3 is 0 Å². The van der Waals surface area contributed by atoms with E-state index in [0.717, 1.165) is 5.69 Å². The van der Waals surface area contributed by atoms with Crippen molar-refractivity contribution in [3.63, 3.8) is 0 Å². The normalized spacial score (nSPS) is 16.7. The van der Waals surface area contributed by atoms with Gasteiger partial charge in [-0.1, -0.05) is 0 Å². The zero-order valence-corrected chi connectivity index (χ0v) is 6.25. The monoisotopic (exact) mass is 149 g/mol. The Labute approximate surface area is 65.4 Å². The van der Waals surface area contributed by atoms with Crippen LogP contribution < -0.4 is 11.5 Å². The van der Waals surface area contributed by atoms with Crippen LogP contribution in [0.4, 0.5) is 11.5 Å². The Morgan fingerprint density at radius 2 is 2.00 bits per heavy atom. The summed E-state index contributed by atoms with van der Waals surface area (Å²) in [7, 11) is 0. The van der Waals surface area contributed by atoms with Crippen molar-refractivity contribution >= 4 is 11.5 Å². The molecule has 0 spiro atoms. The molecule has 1 fully saturated rings. The second kappa shape index (κ2) is 2.12. The van der Waals surface area contributed by atoms with E-state index in [1.54, 1.807) is 0 Å². The first-order valence-electron chi connectivity index (χ1n) is 3.79. The molecule has 1 saturated carbocycles. The number of rotatable bonds is 1. The molecular formula is C8H11N3. The number of anilines is 2. The van der Waals surface area contributed by atoms with Crippen LogP contribution in [0.15, 0.2) is 12.1 Å². The summed E-state index contributed by atoms with van der Waals surface area (Å²) < 4.78 is 0. The highest BCUT2D eigenvalue weighted by atomic mass is 14.9. The summed E-state index contributed by atoms with van der Waals surface area (Å²) >= 11 is 0. The molecule has 4 N–H and O–H groups in total. The van der Waals surface area contributed by atoms with Crippen LogP contribution in [0.25, 0.3) is 0 Å². The second-order valence-corrected chi connectivity index (χ2v) is 2.98. The molecule has 3 heteroatoms. The van der Waals surface area contributed by atoms with Gasteiger partial charge in [-0.2, -0.15) is 0 Å². The average Bonchev–Trinajstić information content (AvgIpc) is 2.77. The summed E-state index contributed by atoms with van der Waals surface area (Å²) in [6.07, 6.45) is 2.49. The van der Waals surface area contributed by atoms with Crippen LogP contribution in [0.1, 0.15) is 24.5 Å². The van der Waals surface area contributed by atoms with Crippen LogP contribution in [-0.2, 0) is 0 Å². The molecule has 2 rings (SSSR count). The van der Waals surface area contributed by atoms with Gasteiger partial charge in [0.05, 0.1) is 5.69 Å². The number of hydrogen-bond acceptors (Lipinski definition) is 3. The Bertz CT molecular complexity index is 279. The Balaban J connectivity index is 2.36. The summed E-state index contributed by atoms with van der Waals surface area (Å²) in [5.74, 6) is 1.12. The van der Waals surface area contributed by atoms with Gasteiger partial charge in [0.1, 0.15) is 5.82 Å². The summed E-state index contributed by atoms with van der Waals surface area (Å²) in [4.78, 5) is 4.19. The van der Waals surface area contributed by atoms with Gasteiger partial charge in [-0.25, -0.2) is 4.98 Å². The molecule has 0 aromatic carbocycles. The van der Waals surface area contributed by atoms with Crippen molar-refractivity contribution in [3.8, 4) is 0 Å². The Kier molecular flexibility index (Phi) is 1.24. The smallest absolute Gasteiger partial charge is 0.146 e. The van der Waals surface area contributed by atoms with Crippen molar-refractivity contribution in [2.45, 2.75) is 18.8 Å². The van der Waals surface area contributed by atoms with Gasteiger partial charge in [-0.3, -0.25) is 0 Å². The van der Waals surface area contributed by atoms with E-state index < -0.39 is 0 Å². The minimum Gasteiger partial charge on any atom is -0.396 e. The van der Waals surface area contributed by atoms with Gasteiger partial charge in [-0.05, 0) is 25.0 Å². The van der Waals surface area contributed by atoms with E-state index in [1.165, 1.54) is 12.8 Å². The van der Waals surface area contributed by atoms with Crippen molar-refractivity contribution in [2.24, 2.45) is 0 Å². The highest BCUT2D eigenvalue weighted by molar-refractivity contribution is 5.58. The molecular weight excluding hydrogens is 138 g/mol. The highest BCUT2D eigenvalue weighted by Crippen LogP contribution is 2.39. The lowest BCUT2D eigenvalue weighted by Gasteiger charge is -2.00. The number of nitrogen functional groups attached to an aromatic ring is 2. The van der Waals surface area contributed by atoms with Crippen molar-refractivity contribution < 1.29 is 0 Å². The largest absolute Gasteiger partial charge is 0.396 e. The molecule has 3 nitrogen and oxygen atoms in total. The summed E-state index contributed by atoms with van der Waals surface area (Å²) in [5.41, 5.74) is 12.7. The third-order valence-corrected chi connectivity index (χ3v) is 1.97. The molecule has 0 amide bonds. The van der Waals surface area contributed by atoms with Crippen LogP contribution in [-0.4, -0.2) is 4.98 Å². The third kappa shape index (κ3) is 1.13. The highest BCUT2D eigenvalue weighted by Gasteiger charge is 2.24. The molecule has 1 heterocycles. The van der Waals surface area contributed by atoms with E-state index in [4.69, 9.17) is 11.5 Å². The number of aromatic nitrogens is 1. The van der Waals surface area contributed by atoms with Crippen LogP contribution >= 0.6 is 0 Å².